The van der Waals surface area contributed by atoms with Crippen molar-refractivity contribution in [2.75, 3.05) is 26.7 Å². The number of aryl methyl sites for hydroxylation is 1. The van der Waals surface area contributed by atoms with Crippen molar-refractivity contribution in [3.63, 3.8) is 0 Å². The van der Waals surface area contributed by atoms with E-state index in [0.29, 0.717) is 32.4 Å². The average molecular weight is 436 g/mol. The number of carbonyl (C=O) groups excluding carboxylic acids is 1. The molecular formula is C19H28F3N3O3S. The highest BCUT2D eigenvalue weighted by atomic mass is 32.2. The highest BCUT2D eigenvalue weighted by molar-refractivity contribution is 7.89. The molecule has 10 heteroatoms. The Morgan fingerprint density at radius 1 is 1.21 bits per heavy atom. The Kier molecular flexibility index (Phi) is 8.07. The zero-order valence-electron chi connectivity index (χ0n) is 16.6. The number of halogens is 3. The molecule has 0 aliphatic carbocycles. The highest BCUT2D eigenvalue weighted by Gasteiger charge is 2.33. The van der Waals surface area contributed by atoms with E-state index >= 15 is 0 Å². The minimum atomic E-state index is -4.18. The van der Waals surface area contributed by atoms with E-state index in [1.807, 2.05) is 6.92 Å². The van der Waals surface area contributed by atoms with Gasteiger partial charge in [-0.3, -0.25) is 9.69 Å². The number of rotatable bonds is 8. The molecule has 1 aliphatic rings. The molecule has 0 aromatic heterocycles. The molecule has 1 heterocycles. The first-order valence-corrected chi connectivity index (χ1v) is 11.1. The predicted octanol–water partition coefficient (Wildman–Crippen LogP) is 2.31. The summed E-state index contributed by atoms with van der Waals surface area (Å²) in [5.74, 6) is 0.0385. The average Bonchev–Trinajstić information content (AvgIpc) is 2.66. The third-order valence-corrected chi connectivity index (χ3v) is 6.70. The van der Waals surface area contributed by atoms with Gasteiger partial charge < -0.3 is 5.32 Å². The molecule has 164 valence electrons. The van der Waals surface area contributed by atoms with Crippen LogP contribution in [-0.4, -0.2) is 58.1 Å². The first kappa shape index (κ1) is 23.6. The molecule has 2 rings (SSSR count). The maximum Gasteiger partial charge on any atom is 0.401 e. The minimum absolute atomic E-state index is 0.0984. The van der Waals surface area contributed by atoms with Gasteiger partial charge in [0.2, 0.25) is 15.9 Å². The van der Waals surface area contributed by atoms with Gasteiger partial charge in [0.25, 0.3) is 0 Å². The second-order valence-corrected chi connectivity index (χ2v) is 9.32. The quantitative estimate of drug-likeness (QED) is 0.657. The van der Waals surface area contributed by atoms with Gasteiger partial charge in [0.05, 0.1) is 11.4 Å². The number of carbonyl (C=O) groups is 1. The number of piperidine rings is 1. The van der Waals surface area contributed by atoms with Crippen LogP contribution in [0.2, 0.25) is 0 Å². The molecule has 1 atom stereocenters. The van der Waals surface area contributed by atoms with E-state index in [2.05, 4.69) is 10.0 Å². The molecular weight excluding hydrogens is 407 g/mol. The second-order valence-electron chi connectivity index (χ2n) is 7.44. The first-order chi connectivity index (χ1) is 13.5. The van der Waals surface area contributed by atoms with Crippen molar-refractivity contribution in [1.29, 1.82) is 0 Å². The largest absolute Gasteiger partial charge is 0.401 e. The predicted molar refractivity (Wildman–Crippen MR) is 104 cm³/mol. The SMILES string of the molecule is CNS(=O)(=O)c1ccc(CCC(=O)NC(C)C2CCN(CC(F)(F)F)CC2)cc1. The van der Waals surface area contributed by atoms with Gasteiger partial charge in [-0.25, -0.2) is 13.1 Å². The number of sulfonamides is 1. The van der Waals surface area contributed by atoms with Crippen molar-refractivity contribution in [3.8, 4) is 0 Å². The van der Waals surface area contributed by atoms with Crippen LogP contribution in [-0.2, 0) is 21.2 Å². The van der Waals surface area contributed by atoms with E-state index < -0.39 is 22.7 Å². The van der Waals surface area contributed by atoms with Gasteiger partial charge in [-0.05, 0) is 69.9 Å². The molecule has 0 saturated carbocycles. The van der Waals surface area contributed by atoms with Crippen LogP contribution in [0.5, 0.6) is 0 Å². The Labute approximate surface area is 169 Å². The molecule has 1 aromatic rings. The fraction of sp³-hybridized carbons (Fsp3) is 0.632. The molecule has 1 amide bonds. The lowest BCUT2D eigenvalue weighted by molar-refractivity contribution is -0.148. The Bertz CT molecular complexity index is 774. The van der Waals surface area contributed by atoms with Crippen LogP contribution in [0.15, 0.2) is 29.2 Å². The van der Waals surface area contributed by atoms with Gasteiger partial charge in [0.15, 0.2) is 0 Å². The molecule has 6 nitrogen and oxygen atoms in total. The zero-order chi connectivity index (χ0) is 21.7. The summed E-state index contributed by atoms with van der Waals surface area (Å²) in [5, 5.41) is 2.94. The van der Waals surface area contributed by atoms with Crippen molar-refractivity contribution in [2.45, 2.75) is 49.7 Å². The first-order valence-electron chi connectivity index (χ1n) is 9.61. The van der Waals surface area contributed by atoms with E-state index in [1.165, 1.54) is 24.1 Å². The number of amides is 1. The maximum atomic E-state index is 12.5. The van der Waals surface area contributed by atoms with E-state index in [-0.39, 0.29) is 29.2 Å². The zero-order valence-corrected chi connectivity index (χ0v) is 17.4. The number of alkyl halides is 3. The van der Waals surface area contributed by atoms with Crippen molar-refractivity contribution < 1.29 is 26.4 Å². The molecule has 0 bridgehead atoms. The van der Waals surface area contributed by atoms with Gasteiger partial charge in [-0.1, -0.05) is 12.1 Å². The van der Waals surface area contributed by atoms with Gasteiger partial charge >= 0.3 is 6.18 Å². The van der Waals surface area contributed by atoms with Gasteiger partial charge in [0.1, 0.15) is 0 Å². The summed E-state index contributed by atoms with van der Waals surface area (Å²) in [5.41, 5.74) is 0.850. The summed E-state index contributed by atoms with van der Waals surface area (Å²) in [7, 11) is -2.14. The number of nitrogens with zero attached hydrogens (tertiary/aromatic N) is 1. The van der Waals surface area contributed by atoms with Crippen LogP contribution >= 0.6 is 0 Å². The maximum absolute atomic E-state index is 12.5. The molecule has 29 heavy (non-hydrogen) atoms. The molecule has 1 fully saturated rings. The molecule has 0 radical (unpaired) electrons. The van der Waals surface area contributed by atoms with Crippen molar-refractivity contribution in [2.24, 2.45) is 5.92 Å². The summed E-state index contributed by atoms with van der Waals surface area (Å²) < 4.78 is 63.0. The number of benzene rings is 1. The number of hydrogen-bond acceptors (Lipinski definition) is 4. The molecule has 1 unspecified atom stereocenters. The fourth-order valence-electron chi connectivity index (χ4n) is 3.52. The number of likely N-dealkylation sites (tertiary alicyclic amines) is 1. The third kappa shape index (κ3) is 7.60. The van der Waals surface area contributed by atoms with E-state index in [0.717, 1.165) is 5.56 Å². The molecule has 0 spiro atoms. The van der Waals surface area contributed by atoms with Gasteiger partial charge in [0, 0.05) is 12.5 Å². The Hall–Kier alpha value is -1.65. The lowest BCUT2D eigenvalue weighted by atomic mass is 9.90. The highest BCUT2D eigenvalue weighted by Crippen LogP contribution is 2.24. The molecule has 1 saturated heterocycles. The van der Waals surface area contributed by atoms with Crippen LogP contribution in [0.25, 0.3) is 0 Å². The normalized spacial score (nSPS) is 17.8. The second kappa shape index (κ2) is 9.90. The minimum Gasteiger partial charge on any atom is -0.353 e. The number of nitrogens with one attached hydrogen (secondary N) is 2. The molecule has 2 N–H and O–H groups in total. The Balaban J connectivity index is 1.75. The van der Waals surface area contributed by atoms with E-state index in [1.54, 1.807) is 12.1 Å². The standard InChI is InChI=1S/C19H28F3N3O3S/c1-14(16-9-11-25(12-10-16)13-19(20,21)22)24-18(26)8-5-15-3-6-17(7-4-15)29(27,28)23-2/h3-4,6-7,14,16,23H,5,8-13H2,1-2H3,(H,24,26). The lowest BCUT2D eigenvalue weighted by Crippen LogP contribution is -2.46. The monoisotopic (exact) mass is 435 g/mol. The topological polar surface area (TPSA) is 78.5 Å². The molecule has 1 aliphatic heterocycles. The van der Waals surface area contributed by atoms with Crippen LogP contribution in [0, 0.1) is 5.92 Å². The smallest absolute Gasteiger partial charge is 0.353 e. The van der Waals surface area contributed by atoms with Crippen molar-refractivity contribution in [1.82, 2.24) is 14.9 Å². The van der Waals surface area contributed by atoms with Crippen LogP contribution < -0.4 is 10.0 Å². The third-order valence-electron chi connectivity index (χ3n) is 5.27. The van der Waals surface area contributed by atoms with E-state index in [9.17, 15) is 26.4 Å². The summed E-state index contributed by atoms with van der Waals surface area (Å²) in [6.07, 6.45) is -2.20. The fourth-order valence-corrected chi connectivity index (χ4v) is 4.25. The Morgan fingerprint density at radius 2 is 1.79 bits per heavy atom. The summed E-state index contributed by atoms with van der Waals surface area (Å²) in [4.78, 5) is 13.8. The van der Waals surface area contributed by atoms with Crippen LogP contribution in [0.1, 0.15) is 31.7 Å². The summed E-state index contributed by atoms with van der Waals surface area (Å²) in [6.45, 7) is 1.77. The van der Waals surface area contributed by atoms with Crippen LogP contribution in [0.3, 0.4) is 0 Å². The lowest BCUT2D eigenvalue weighted by Gasteiger charge is -2.35. The van der Waals surface area contributed by atoms with Crippen LogP contribution in [0.4, 0.5) is 13.2 Å². The van der Waals surface area contributed by atoms with Crippen molar-refractivity contribution >= 4 is 15.9 Å². The van der Waals surface area contributed by atoms with E-state index in [4.69, 9.17) is 0 Å². The number of hydrogen-bond donors (Lipinski definition) is 2. The summed E-state index contributed by atoms with van der Waals surface area (Å²) >= 11 is 0. The Morgan fingerprint density at radius 3 is 2.31 bits per heavy atom. The van der Waals surface area contributed by atoms with Crippen molar-refractivity contribution in [3.05, 3.63) is 29.8 Å². The molecule has 1 aromatic carbocycles. The van der Waals surface area contributed by atoms with Gasteiger partial charge in [-0.2, -0.15) is 13.2 Å². The summed E-state index contributed by atoms with van der Waals surface area (Å²) in [6, 6.07) is 6.25. The van der Waals surface area contributed by atoms with Gasteiger partial charge in [-0.15, -0.1) is 0 Å².